The maximum absolute atomic E-state index is 13.2. The molecule has 0 aliphatic rings. The Morgan fingerprint density at radius 3 is 2.47 bits per heavy atom. The number of rotatable bonds is 13. The first-order chi connectivity index (χ1) is 16.4. The first-order valence-corrected chi connectivity index (χ1v) is 11.3. The molecule has 34 heavy (non-hydrogen) atoms. The lowest BCUT2D eigenvalue weighted by Gasteiger charge is -2.23. The molecule has 11 heteroatoms. The number of hydrogen-bond donors (Lipinski definition) is 7. The van der Waals surface area contributed by atoms with Crippen LogP contribution in [-0.2, 0) is 27.2 Å². The molecular weight excluding hydrogens is 436 g/mol. The molecule has 3 rings (SSSR count). The van der Waals surface area contributed by atoms with Crippen molar-refractivity contribution in [3.63, 3.8) is 0 Å². The fourth-order valence-electron chi connectivity index (χ4n) is 3.76. The lowest BCUT2D eigenvalue weighted by atomic mass is 10.0. The normalized spacial score (nSPS) is 13.8. The smallest absolute Gasteiger partial charge is 0.243 e. The molecule has 0 saturated heterocycles. The standard InChI is InChI=1S/C23H32N8O3/c24-8-4-3-6-17(25)22(33)31-20(9-14-11-28-18-7-2-1-5-16(14)18)23(34)30-19(21(26)32)10-15-12-27-13-29-15/h1-2,5,7,11-13,17,19-20,28H,3-4,6,8-10,24-25H2,(H2,26,32)(H,27,29)(H,30,34)(H,31,33)/t17-,19-,20-/m0/s1. The van der Waals surface area contributed by atoms with Crippen LogP contribution in [-0.4, -0.2) is 57.3 Å². The van der Waals surface area contributed by atoms with E-state index in [1.54, 1.807) is 12.4 Å². The number of hydrogen-bond acceptors (Lipinski definition) is 6. The van der Waals surface area contributed by atoms with Crippen molar-refractivity contribution in [2.45, 2.75) is 50.2 Å². The van der Waals surface area contributed by atoms with Gasteiger partial charge < -0.3 is 37.8 Å². The Morgan fingerprint density at radius 1 is 1.00 bits per heavy atom. The van der Waals surface area contributed by atoms with Crippen LogP contribution in [0.25, 0.3) is 10.9 Å². The van der Waals surface area contributed by atoms with Crippen molar-refractivity contribution in [3.8, 4) is 0 Å². The zero-order chi connectivity index (χ0) is 24.5. The first-order valence-electron chi connectivity index (χ1n) is 11.3. The lowest BCUT2D eigenvalue weighted by molar-refractivity contribution is -0.131. The minimum Gasteiger partial charge on any atom is -0.368 e. The summed E-state index contributed by atoms with van der Waals surface area (Å²) in [5.74, 6) is -1.67. The largest absolute Gasteiger partial charge is 0.368 e. The Balaban J connectivity index is 1.77. The number of amides is 3. The molecule has 11 nitrogen and oxygen atoms in total. The summed E-state index contributed by atoms with van der Waals surface area (Å²) in [5, 5.41) is 6.36. The Kier molecular flexibility index (Phi) is 8.77. The lowest BCUT2D eigenvalue weighted by Crippen LogP contribution is -2.56. The Labute approximate surface area is 197 Å². The van der Waals surface area contributed by atoms with Gasteiger partial charge in [0.25, 0.3) is 0 Å². The number of carbonyl (C=O) groups is 3. The number of para-hydroxylation sites is 1. The van der Waals surface area contributed by atoms with E-state index in [1.165, 1.54) is 6.33 Å². The van der Waals surface area contributed by atoms with E-state index >= 15 is 0 Å². The minimum absolute atomic E-state index is 0.146. The Bertz CT molecular complexity index is 1090. The van der Waals surface area contributed by atoms with Crippen LogP contribution in [0.15, 0.2) is 43.0 Å². The predicted molar refractivity (Wildman–Crippen MR) is 128 cm³/mol. The number of fused-ring (bicyclic) bond motifs is 1. The molecule has 1 aromatic carbocycles. The summed E-state index contributed by atoms with van der Waals surface area (Å²) in [4.78, 5) is 48.0. The van der Waals surface area contributed by atoms with Crippen molar-refractivity contribution in [2.24, 2.45) is 17.2 Å². The van der Waals surface area contributed by atoms with Crippen LogP contribution in [0.5, 0.6) is 0 Å². The maximum atomic E-state index is 13.2. The highest BCUT2D eigenvalue weighted by Gasteiger charge is 2.28. The van der Waals surface area contributed by atoms with Gasteiger partial charge in [-0.3, -0.25) is 14.4 Å². The SMILES string of the molecule is NCCCC[C@H](N)C(=O)N[C@@H](Cc1c[nH]c2ccccc12)C(=O)N[C@@H](Cc1cnc[nH]1)C(N)=O. The first kappa shape index (κ1) is 24.9. The van der Waals surface area contributed by atoms with E-state index < -0.39 is 35.8 Å². The summed E-state index contributed by atoms with van der Waals surface area (Å²) in [6, 6.07) is 4.94. The number of H-pyrrole nitrogens is 2. The number of unbranched alkanes of at least 4 members (excludes halogenated alkanes) is 1. The topological polar surface area (TPSA) is 198 Å². The molecule has 2 heterocycles. The average molecular weight is 469 g/mol. The van der Waals surface area contributed by atoms with Crippen molar-refractivity contribution in [3.05, 3.63) is 54.2 Å². The van der Waals surface area contributed by atoms with Crippen LogP contribution in [0.2, 0.25) is 0 Å². The maximum Gasteiger partial charge on any atom is 0.243 e. The van der Waals surface area contributed by atoms with Crippen LogP contribution in [0.3, 0.4) is 0 Å². The number of imidazole rings is 1. The van der Waals surface area contributed by atoms with E-state index in [-0.39, 0.29) is 12.8 Å². The molecule has 0 saturated carbocycles. The van der Waals surface area contributed by atoms with Gasteiger partial charge >= 0.3 is 0 Å². The number of aromatic nitrogens is 3. The van der Waals surface area contributed by atoms with E-state index in [0.717, 1.165) is 22.9 Å². The summed E-state index contributed by atoms with van der Waals surface area (Å²) in [6.07, 6.45) is 7.09. The van der Waals surface area contributed by atoms with Gasteiger partial charge in [-0.05, 0) is 31.0 Å². The third-order valence-electron chi connectivity index (χ3n) is 5.68. The molecule has 0 fully saturated rings. The molecule has 0 aliphatic carbocycles. The minimum atomic E-state index is -0.978. The molecule has 3 amide bonds. The van der Waals surface area contributed by atoms with Crippen LogP contribution >= 0.6 is 0 Å². The van der Waals surface area contributed by atoms with Gasteiger partial charge in [0, 0.05) is 41.8 Å². The predicted octanol–water partition coefficient (Wildman–Crippen LogP) is -0.413. The molecule has 0 unspecified atom stereocenters. The van der Waals surface area contributed by atoms with Gasteiger partial charge in [0.15, 0.2) is 0 Å². The van der Waals surface area contributed by atoms with Crippen molar-refractivity contribution in [1.82, 2.24) is 25.6 Å². The number of benzene rings is 1. The van der Waals surface area contributed by atoms with Gasteiger partial charge in [0.1, 0.15) is 12.1 Å². The molecule has 0 spiro atoms. The van der Waals surface area contributed by atoms with E-state index in [2.05, 4.69) is 25.6 Å². The monoisotopic (exact) mass is 468 g/mol. The van der Waals surface area contributed by atoms with Gasteiger partial charge in [-0.2, -0.15) is 0 Å². The third-order valence-corrected chi connectivity index (χ3v) is 5.68. The second-order valence-electron chi connectivity index (χ2n) is 8.26. The van der Waals surface area contributed by atoms with Crippen LogP contribution in [0.4, 0.5) is 0 Å². The fourth-order valence-corrected chi connectivity index (χ4v) is 3.76. The molecule has 0 bridgehead atoms. The third kappa shape index (κ3) is 6.65. The summed E-state index contributed by atoms with van der Waals surface area (Å²) in [5.41, 5.74) is 19.5. The van der Waals surface area contributed by atoms with Gasteiger partial charge in [-0.1, -0.05) is 24.6 Å². The highest BCUT2D eigenvalue weighted by atomic mass is 16.2. The van der Waals surface area contributed by atoms with Crippen molar-refractivity contribution in [1.29, 1.82) is 0 Å². The summed E-state index contributed by atoms with van der Waals surface area (Å²) in [7, 11) is 0. The second kappa shape index (κ2) is 12.0. The second-order valence-corrected chi connectivity index (χ2v) is 8.26. The molecule has 2 aromatic heterocycles. The zero-order valence-corrected chi connectivity index (χ0v) is 18.9. The number of nitrogens with zero attached hydrogens (tertiary/aromatic N) is 1. The summed E-state index contributed by atoms with van der Waals surface area (Å²) in [6.45, 7) is 0.519. The number of primary amides is 1. The number of nitrogens with one attached hydrogen (secondary N) is 4. The molecule has 3 atom stereocenters. The van der Waals surface area contributed by atoms with E-state index in [9.17, 15) is 14.4 Å². The van der Waals surface area contributed by atoms with E-state index in [4.69, 9.17) is 17.2 Å². The number of aromatic amines is 2. The van der Waals surface area contributed by atoms with Crippen LogP contribution in [0.1, 0.15) is 30.5 Å². The molecule has 0 radical (unpaired) electrons. The van der Waals surface area contributed by atoms with Gasteiger partial charge in [-0.15, -0.1) is 0 Å². The summed E-state index contributed by atoms with van der Waals surface area (Å²) < 4.78 is 0. The quantitative estimate of drug-likeness (QED) is 0.166. The van der Waals surface area contributed by atoms with Gasteiger partial charge in [0.05, 0.1) is 12.4 Å². The van der Waals surface area contributed by atoms with Crippen LogP contribution < -0.4 is 27.8 Å². The van der Waals surface area contributed by atoms with Crippen molar-refractivity contribution < 1.29 is 14.4 Å². The number of nitrogens with two attached hydrogens (primary N) is 3. The number of carbonyl (C=O) groups excluding carboxylic acids is 3. The average Bonchev–Trinajstić information content (AvgIpc) is 3.48. The Hall–Kier alpha value is -3.70. The van der Waals surface area contributed by atoms with E-state index in [0.29, 0.717) is 25.1 Å². The molecule has 3 aromatic rings. The highest BCUT2D eigenvalue weighted by molar-refractivity contribution is 5.93. The van der Waals surface area contributed by atoms with Crippen molar-refractivity contribution >= 4 is 28.6 Å². The van der Waals surface area contributed by atoms with Gasteiger partial charge in [-0.25, -0.2) is 4.98 Å². The van der Waals surface area contributed by atoms with E-state index in [1.807, 2.05) is 24.3 Å². The summed E-state index contributed by atoms with van der Waals surface area (Å²) >= 11 is 0. The zero-order valence-electron chi connectivity index (χ0n) is 18.9. The van der Waals surface area contributed by atoms with Crippen LogP contribution in [0, 0.1) is 0 Å². The molecule has 182 valence electrons. The Morgan fingerprint density at radius 2 is 1.76 bits per heavy atom. The molecule has 0 aliphatic heterocycles. The van der Waals surface area contributed by atoms with Gasteiger partial charge in [0.2, 0.25) is 17.7 Å². The molecule has 10 N–H and O–H groups in total. The molecular formula is C23H32N8O3. The fraction of sp³-hybridized carbons (Fsp3) is 0.391. The van der Waals surface area contributed by atoms with Crippen molar-refractivity contribution in [2.75, 3.05) is 6.54 Å². The highest BCUT2D eigenvalue weighted by Crippen LogP contribution is 2.19.